The van der Waals surface area contributed by atoms with Crippen LogP contribution in [0.2, 0.25) is 0 Å². The van der Waals surface area contributed by atoms with Crippen molar-refractivity contribution in [1.82, 2.24) is 9.78 Å². The SMILES string of the molecule is CC(C)(C)OC(=O)COCC1CCC(Cn2nc(-c3ccccc3)c(-c3cccc(F)c3)c2SCCOC2CCCCO2)CC1. The van der Waals surface area contributed by atoms with Crippen LogP contribution in [-0.4, -0.2) is 59.8 Å². The molecule has 3 aromatic rings. The number of ether oxygens (including phenoxy) is 4. The molecule has 2 aromatic carbocycles. The van der Waals surface area contributed by atoms with Gasteiger partial charge in [-0.25, -0.2) is 9.18 Å². The van der Waals surface area contributed by atoms with E-state index in [1.54, 1.807) is 23.9 Å². The highest BCUT2D eigenvalue weighted by Gasteiger charge is 2.27. The summed E-state index contributed by atoms with van der Waals surface area (Å²) in [5, 5.41) is 6.24. The summed E-state index contributed by atoms with van der Waals surface area (Å²) in [5.74, 6) is 1.04. The molecule has 0 amide bonds. The second-order valence-electron chi connectivity index (χ2n) is 13.1. The van der Waals surface area contributed by atoms with Gasteiger partial charge in [0.15, 0.2) is 6.29 Å². The summed E-state index contributed by atoms with van der Waals surface area (Å²) in [7, 11) is 0. The van der Waals surface area contributed by atoms with E-state index in [2.05, 4.69) is 16.8 Å². The van der Waals surface area contributed by atoms with Gasteiger partial charge in [-0.3, -0.25) is 4.68 Å². The minimum Gasteiger partial charge on any atom is -0.458 e. The van der Waals surface area contributed by atoms with Gasteiger partial charge in [0, 0.05) is 30.0 Å². The molecule has 1 saturated carbocycles. The van der Waals surface area contributed by atoms with Gasteiger partial charge in [-0.05, 0) is 95.2 Å². The summed E-state index contributed by atoms with van der Waals surface area (Å²) >= 11 is 1.72. The highest BCUT2D eigenvalue weighted by molar-refractivity contribution is 7.99. The molecule has 7 nitrogen and oxygen atoms in total. The molecule has 1 aromatic heterocycles. The van der Waals surface area contributed by atoms with Crippen molar-refractivity contribution in [2.45, 2.75) is 89.2 Å². The van der Waals surface area contributed by atoms with Gasteiger partial charge in [-0.2, -0.15) is 5.10 Å². The first-order chi connectivity index (χ1) is 21.7. The second kappa shape index (κ2) is 16.2. The van der Waals surface area contributed by atoms with Crippen molar-refractivity contribution in [3.05, 3.63) is 60.4 Å². The van der Waals surface area contributed by atoms with Crippen LogP contribution in [0, 0.1) is 17.7 Å². The molecule has 0 bridgehead atoms. The Hall–Kier alpha value is -2.72. The van der Waals surface area contributed by atoms with E-state index in [9.17, 15) is 9.18 Å². The number of halogens is 1. The van der Waals surface area contributed by atoms with E-state index in [4.69, 9.17) is 24.0 Å². The number of carbonyl (C=O) groups excluding carboxylic acids is 1. The van der Waals surface area contributed by atoms with Crippen LogP contribution in [0.15, 0.2) is 59.6 Å². The Morgan fingerprint density at radius 2 is 1.76 bits per heavy atom. The van der Waals surface area contributed by atoms with Crippen molar-refractivity contribution in [2.75, 3.05) is 32.2 Å². The lowest BCUT2D eigenvalue weighted by Gasteiger charge is -2.29. The van der Waals surface area contributed by atoms with E-state index in [-0.39, 0.29) is 24.7 Å². The van der Waals surface area contributed by atoms with Gasteiger partial charge in [0.05, 0.1) is 13.2 Å². The van der Waals surface area contributed by atoms with Crippen LogP contribution in [0.5, 0.6) is 0 Å². The van der Waals surface area contributed by atoms with E-state index in [0.717, 1.165) is 91.3 Å². The summed E-state index contributed by atoms with van der Waals surface area (Å²) < 4.78 is 39.6. The maximum Gasteiger partial charge on any atom is 0.332 e. The topological polar surface area (TPSA) is 71.8 Å². The Bertz CT molecular complexity index is 1360. The lowest BCUT2D eigenvalue weighted by molar-refractivity contribution is -0.160. The summed E-state index contributed by atoms with van der Waals surface area (Å²) in [6.07, 6.45) is 7.23. The number of carbonyl (C=O) groups is 1. The van der Waals surface area contributed by atoms with Crippen molar-refractivity contribution < 1.29 is 28.1 Å². The number of nitrogens with zero attached hydrogens (tertiary/aromatic N) is 2. The first-order valence-corrected chi connectivity index (χ1v) is 17.3. The molecular formula is C36H47FN2O5S. The van der Waals surface area contributed by atoms with Crippen molar-refractivity contribution in [2.24, 2.45) is 11.8 Å². The minimum absolute atomic E-state index is 0.00717. The molecule has 1 saturated heterocycles. The third-order valence-electron chi connectivity index (χ3n) is 8.22. The van der Waals surface area contributed by atoms with E-state index in [1.165, 1.54) is 6.07 Å². The van der Waals surface area contributed by atoms with Crippen LogP contribution < -0.4 is 0 Å². The Kier molecular flexibility index (Phi) is 12.1. The fraction of sp³-hybridized carbons (Fsp3) is 0.556. The van der Waals surface area contributed by atoms with Crippen LogP contribution in [0.4, 0.5) is 4.39 Å². The van der Waals surface area contributed by atoms with Crippen molar-refractivity contribution >= 4 is 17.7 Å². The summed E-state index contributed by atoms with van der Waals surface area (Å²) in [6.45, 7) is 8.26. The van der Waals surface area contributed by atoms with Gasteiger partial charge in [0.25, 0.3) is 0 Å². The molecule has 0 radical (unpaired) electrons. The molecule has 1 atom stereocenters. The smallest absolute Gasteiger partial charge is 0.332 e. The lowest BCUT2D eigenvalue weighted by Crippen LogP contribution is -2.28. The summed E-state index contributed by atoms with van der Waals surface area (Å²) in [6, 6.07) is 17.0. The van der Waals surface area contributed by atoms with Crippen molar-refractivity contribution in [1.29, 1.82) is 0 Å². The molecule has 1 unspecified atom stereocenters. The van der Waals surface area contributed by atoms with Gasteiger partial charge >= 0.3 is 5.97 Å². The summed E-state index contributed by atoms with van der Waals surface area (Å²) in [5.41, 5.74) is 3.15. The average Bonchev–Trinajstić information content (AvgIpc) is 3.38. The highest BCUT2D eigenvalue weighted by Crippen LogP contribution is 2.41. The molecule has 5 rings (SSSR count). The maximum atomic E-state index is 14.5. The fourth-order valence-corrected chi connectivity index (χ4v) is 7.08. The van der Waals surface area contributed by atoms with E-state index >= 15 is 0 Å². The monoisotopic (exact) mass is 638 g/mol. The van der Waals surface area contributed by atoms with Gasteiger partial charge in [0.2, 0.25) is 0 Å². The number of rotatable bonds is 13. The molecular weight excluding hydrogens is 591 g/mol. The quantitative estimate of drug-likeness (QED) is 0.106. The molecule has 1 aliphatic carbocycles. The fourth-order valence-electron chi connectivity index (χ4n) is 6.08. The van der Waals surface area contributed by atoms with Crippen LogP contribution >= 0.6 is 11.8 Å². The number of esters is 1. The number of aromatic nitrogens is 2. The van der Waals surface area contributed by atoms with Crippen LogP contribution in [0.25, 0.3) is 22.4 Å². The van der Waals surface area contributed by atoms with Gasteiger partial charge < -0.3 is 18.9 Å². The third kappa shape index (κ3) is 10.1. The van der Waals surface area contributed by atoms with Crippen molar-refractivity contribution in [3.8, 4) is 22.4 Å². The van der Waals surface area contributed by atoms with Gasteiger partial charge in [-0.15, -0.1) is 11.8 Å². The van der Waals surface area contributed by atoms with Gasteiger partial charge in [-0.1, -0.05) is 42.5 Å². The summed E-state index contributed by atoms with van der Waals surface area (Å²) in [4.78, 5) is 12.0. The predicted octanol–water partition coefficient (Wildman–Crippen LogP) is 8.16. The first kappa shape index (κ1) is 33.6. The van der Waals surface area contributed by atoms with Crippen LogP contribution in [-0.2, 0) is 30.3 Å². The number of hydrogen-bond acceptors (Lipinski definition) is 7. The number of benzene rings is 2. The molecule has 45 heavy (non-hydrogen) atoms. The highest BCUT2D eigenvalue weighted by atomic mass is 32.2. The molecule has 2 heterocycles. The molecule has 244 valence electrons. The Balaban J connectivity index is 1.29. The Labute approximate surface area is 271 Å². The molecule has 0 N–H and O–H groups in total. The minimum atomic E-state index is -0.506. The normalized spacial score (nSPS) is 20.7. The molecule has 9 heteroatoms. The van der Waals surface area contributed by atoms with E-state index in [1.807, 2.05) is 45.0 Å². The third-order valence-corrected chi connectivity index (χ3v) is 9.28. The van der Waals surface area contributed by atoms with Crippen molar-refractivity contribution in [3.63, 3.8) is 0 Å². The lowest BCUT2D eigenvalue weighted by atomic mass is 9.82. The zero-order chi connectivity index (χ0) is 31.6. The van der Waals surface area contributed by atoms with Gasteiger partial charge in [0.1, 0.15) is 28.7 Å². The van der Waals surface area contributed by atoms with E-state index in [0.29, 0.717) is 25.0 Å². The standard InChI is InChI=1S/C36H47FN2O5S/c1-36(2,3)44-31(40)25-41-24-27-17-15-26(16-18-27)23-39-35(45-21-20-43-32-14-7-8-19-42-32)33(29-12-9-13-30(37)22-29)34(38-39)28-10-5-4-6-11-28/h4-6,9-13,22,26-27,32H,7-8,14-21,23-25H2,1-3H3. The maximum absolute atomic E-state index is 14.5. The zero-order valence-electron chi connectivity index (χ0n) is 26.8. The first-order valence-electron chi connectivity index (χ1n) is 16.3. The number of thioether (sulfide) groups is 1. The molecule has 2 fully saturated rings. The Morgan fingerprint density at radius 1 is 1.00 bits per heavy atom. The largest absolute Gasteiger partial charge is 0.458 e. The van der Waals surface area contributed by atoms with Crippen LogP contribution in [0.1, 0.15) is 65.7 Å². The molecule has 2 aliphatic rings. The zero-order valence-corrected chi connectivity index (χ0v) is 27.7. The Morgan fingerprint density at radius 3 is 2.47 bits per heavy atom. The van der Waals surface area contributed by atoms with E-state index < -0.39 is 5.60 Å². The average molecular weight is 639 g/mol. The van der Waals surface area contributed by atoms with Crippen LogP contribution in [0.3, 0.4) is 0 Å². The second-order valence-corrected chi connectivity index (χ2v) is 14.2. The molecule has 1 aliphatic heterocycles. The molecule has 0 spiro atoms. The predicted molar refractivity (Wildman–Crippen MR) is 175 cm³/mol. The number of hydrogen-bond donors (Lipinski definition) is 0.